The van der Waals surface area contributed by atoms with Gasteiger partial charge in [-0.25, -0.2) is 9.78 Å². The molecule has 6 nitrogen and oxygen atoms in total. The molecule has 2 rings (SSSR count). The minimum absolute atomic E-state index is 0.0549. The van der Waals surface area contributed by atoms with E-state index >= 15 is 0 Å². The first kappa shape index (κ1) is 16.1. The first-order valence-electron chi connectivity index (χ1n) is 7.41. The predicted octanol–water partition coefficient (Wildman–Crippen LogP) is 2.40. The Hall–Kier alpha value is -2.29. The molecule has 1 saturated heterocycles. The number of rotatable bonds is 1. The smallest absolute Gasteiger partial charge is 0.410 e. The Kier molecular flexibility index (Phi) is 4.55. The van der Waals surface area contributed by atoms with Crippen LogP contribution in [0.2, 0.25) is 0 Å². The van der Waals surface area contributed by atoms with Gasteiger partial charge in [-0.2, -0.15) is 5.26 Å². The standard InChI is InChI=1S/C16H22N4O2/c1-12-11-19(14-6-5-13(9-17)18-10-14)7-8-20(12)15(21)22-16(2,3)4/h5-6,10,12H,7-8,11H2,1-4H3/t12-/m1/s1. The van der Waals surface area contributed by atoms with Crippen LogP contribution in [0.15, 0.2) is 18.3 Å². The second-order valence-corrected chi connectivity index (χ2v) is 6.48. The molecule has 0 aromatic carbocycles. The van der Waals surface area contributed by atoms with E-state index in [1.54, 1.807) is 17.2 Å². The number of anilines is 1. The van der Waals surface area contributed by atoms with Gasteiger partial charge < -0.3 is 14.5 Å². The number of nitrogens with zero attached hydrogens (tertiary/aromatic N) is 4. The van der Waals surface area contributed by atoms with Gasteiger partial charge in [0.2, 0.25) is 0 Å². The Morgan fingerprint density at radius 3 is 2.64 bits per heavy atom. The predicted molar refractivity (Wildman–Crippen MR) is 83.6 cm³/mol. The van der Waals surface area contributed by atoms with Crippen molar-refractivity contribution < 1.29 is 9.53 Å². The first-order valence-corrected chi connectivity index (χ1v) is 7.41. The van der Waals surface area contributed by atoms with E-state index in [0.29, 0.717) is 18.8 Å². The van der Waals surface area contributed by atoms with Crippen LogP contribution in [0.3, 0.4) is 0 Å². The first-order chi connectivity index (χ1) is 10.3. The Labute approximate surface area is 131 Å². The molecule has 1 aliphatic heterocycles. The van der Waals surface area contributed by atoms with Gasteiger partial charge in [0.05, 0.1) is 11.9 Å². The molecule has 1 fully saturated rings. The Morgan fingerprint density at radius 1 is 1.41 bits per heavy atom. The molecule has 1 aliphatic rings. The van der Waals surface area contributed by atoms with Crippen LogP contribution in [-0.4, -0.2) is 47.3 Å². The molecule has 0 bridgehead atoms. The van der Waals surface area contributed by atoms with E-state index in [1.807, 2.05) is 39.8 Å². The highest BCUT2D eigenvalue weighted by Gasteiger charge is 2.30. The van der Waals surface area contributed by atoms with Crippen molar-refractivity contribution in [2.45, 2.75) is 39.3 Å². The summed E-state index contributed by atoms with van der Waals surface area (Å²) in [5.74, 6) is 0. The molecule has 0 saturated carbocycles. The van der Waals surface area contributed by atoms with Crippen LogP contribution in [0.4, 0.5) is 10.5 Å². The zero-order valence-electron chi connectivity index (χ0n) is 13.5. The van der Waals surface area contributed by atoms with Crippen molar-refractivity contribution in [1.29, 1.82) is 5.26 Å². The lowest BCUT2D eigenvalue weighted by Gasteiger charge is -2.41. The number of nitriles is 1. The molecule has 1 aromatic heterocycles. The molecule has 0 N–H and O–H groups in total. The highest BCUT2D eigenvalue weighted by atomic mass is 16.6. The van der Waals surface area contributed by atoms with Crippen molar-refractivity contribution in [1.82, 2.24) is 9.88 Å². The molecule has 1 amide bonds. The van der Waals surface area contributed by atoms with Crippen LogP contribution in [0, 0.1) is 11.3 Å². The summed E-state index contributed by atoms with van der Waals surface area (Å²) in [7, 11) is 0. The van der Waals surface area contributed by atoms with Crippen LogP contribution in [0.25, 0.3) is 0 Å². The summed E-state index contributed by atoms with van der Waals surface area (Å²) in [6.45, 7) is 9.66. The van der Waals surface area contributed by atoms with E-state index < -0.39 is 5.60 Å². The topological polar surface area (TPSA) is 69.5 Å². The molecular formula is C16H22N4O2. The summed E-state index contributed by atoms with van der Waals surface area (Å²) in [6, 6.07) is 5.66. The number of aromatic nitrogens is 1. The maximum absolute atomic E-state index is 12.2. The van der Waals surface area contributed by atoms with Crippen LogP contribution < -0.4 is 4.90 Å². The molecule has 0 aliphatic carbocycles. The number of piperazine rings is 1. The molecule has 1 atom stereocenters. The largest absolute Gasteiger partial charge is 0.444 e. The molecule has 1 aromatic rings. The maximum Gasteiger partial charge on any atom is 0.410 e. The van der Waals surface area contributed by atoms with E-state index in [-0.39, 0.29) is 12.1 Å². The van der Waals surface area contributed by atoms with E-state index in [0.717, 1.165) is 12.2 Å². The van der Waals surface area contributed by atoms with Crippen LogP contribution in [-0.2, 0) is 4.74 Å². The van der Waals surface area contributed by atoms with Crippen molar-refractivity contribution in [3.63, 3.8) is 0 Å². The lowest BCUT2D eigenvalue weighted by atomic mass is 10.1. The molecule has 22 heavy (non-hydrogen) atoms. The number of hydrogen-bond donors (Lipinski definition) is 0. The minimum atomic E-state index is -0.481. The summed E-state index contributed by atoms with van der Waals surface area (Å²) in [5.41, 5.74) is 0.893. The summed E-state index contributed by atoms with van der Waals surface area (Å²) in [6.07, 6.45) is 1.44. The van der Waals surface area contributed by atoms with Gasteiger partial charge in [0, 0.05) is 25.7 Å². The van der Waals surface area contributed by atoms with Gasteiger partial charge in [0.1, 0.15) is 17.4 Å². The molecular weight excluding hydrogens is 280 g/mol. The molecule has 2 heterocycles. The monoisotopic (exact) mass is 302 g/mol. The third-order valence-electron chi connectivity index (χ3n) is 3.48. The van der Waals surface area contributed by atoms with Crippen molar-refractivity contribution in [2.75, 3.05) is 24.5 Å². The van der Waals surface area contributed by atoms with Crippen LogP contribution in [0.1, 0.15) is 33.4 Å². The molecule has 6 heteroatoms. The third kappa shape index (κ3) is 3.88. The minimum Gasteiger partial charge on any atom is -0.444 e. The average molecular weight is 302 g/mol. The van der Waals surface area contributed by atoms with E-state index in [4.69, 9.17) is 10.00 Å². The summed E-state index contributed by atoms with van der Waals surface area (Å²) in [5, 5.41) is 8.79. The second-order valence-electron chi connectivity index (χ2n) is 6.48. The summed E-state index contributed by atoms with van der Waals surface area (Å²) in [4.78, 5) is 20.2. The van der Waals surface area contributed by atoms with Crippen molar-refractivity contribution in [3.8, 4) is 6.07 Å². The lowest BCUT2D eigenvalue weighted by Crippen LogP contribution is -2.55. The number of pyridine rings is 1. The molecule has 0 unspecified atom stereocenters. The Bertz CT molecular complexity index is 571. The van der Waals surface area contributed by atoms with Crippen molar-refractivity contribution in [2.24, 2.45) is 0 Å². The lowest BCUT2D eigenvalue weighted by molar-refractivity contribution is 0.0159. The van der Waals surface area contributed by atoms with Gasteiger partial charge in [-0.1, -0.05) is 0 Å². The highest BCUT2D eigenvalue weighted by Crippen LogP contribution is 2.20. The molecule has 0 radical (unpaired) electrons. The van der Waals surface area contributed by atoms with Gasteiger partial charge in [-0.3, -0.25) is 0 Å². The number of hydrogen-bond acceptors (Lipinski definition) is 5. The van der Waals surface area contributed by atoms with Gasteiger partial charge >= 0.3 is 6.09 Å². The number of amides is 1. The molecule has 0 spiro atoms. The van der Waals surface area contributed by atoms with Crippen molar-refractivity contribution >= 4 is 11.8 Å². The number of carbonyl (C=O) groups is 1. The number of ether oxygens (including phenoxy) is 1. The zero-order valence-corrected chi connectivity index (χ0v) is 13.5. The summed E-state index contributed by atoms with van der Waals surface area (Å²) >= 11 is 0. The van der Waals surface area contributed by atoms with E-state index in [1.165, 1.54) is 0 Å². The van der Waals surface area contributed by atoms with E-state index in [9.17, 15) is 4.79 Å². The van der Waals surface area contributed by atoms with Gasteiger partial charge in [0.25, 0.3) is 0 Å². The van der Waals surface area contributed by atoms with Gasteiger partial charge in [-0.15, -0.1) is 0 Å². The molecule has 118 valence electrons. The van der Waals surface area contributed by atoms with Crippen LogP contribution >= 0.6 is 0 Å². The SMILES string of the molecule is C[C@@H]1CN(c2ccc(C#N)nc2)CCN1C(=O)OC(C)(C)C. The zero-order chi connectivity index (χ0) is 16.3. The number of carbonyl (C=O) groups excluding carboxylic acids is 1. The highest BCUT2D eigenvalue weighted by molar-refractivity contribution is 5.69. The van der Waals surface area contributed by atoms with Crippen LogP contribution in [0.5, 0.6) is 0 Å². The fraction of sp³-hybridized carbons (Fsp3) is 0.562. The van der Waals surface area contributed by atoms with E-state index in [2.05, 4.69) is 9.88 Å². The fourth-order valence-corrected chi connectivity index (χ4v) is 2.42. The Balaban J connectivity index is 2.00. The summed E-state index contributed by atoms with van der Waals surface area (Å²) < 4.78 is 5.44. The maximum atomic E-state index is 12.2. The second kappa shape index (κ2) is 6.22. The average Bonchev–Trinajstić information content (AvgIpc) is 2.45. The van der Waals surface area contributed by atoms with Crippen molar-refractivity contribution in [3.05, 3.63) is 24.0 Å². The van der Waals surface area contributed by atoms with Gasteiger partial charge in [-0.05, 0) is 39.8 Å². The fourth-order valence-electron chi connectivity index (χ4n) is 2.42. The quantitative estimate of drug-likeness (QED) is 0.796. The Morgan fingerprint density at radius 2 is 2.14 bits per heavy atom. The normalized spacial score (nSPS) is 18.8. The van der Waals surface area contributed by atoms with Gasteiger partial charge in [0.15, 0.2) is 0 Å². The third-order valence-corrected chi connectivity index (χ3v) is 3.48.